The van der Waals surface area contributed by atoms with Crippen molar-refractivity contribution in [1.82, 2.24) is 5.32 Å². The summed E-state index contributed by atoms with van der Waals surface area (Å²) in [7, 11) is 1.53. The molecule has 232 valence electrons. The molecule has 3 saturated heterocycles. The normalized spacial score (nSPS) is 47.2. The molecule has 14 atom stereocenters. The fourth-order valence-corrected chi connectivity index (χ4v) is 6.08. The number of likely N-dealkylation sites (N-methyl/N-ethyl adjacent to an activating group) is 1. The van der Waals surface area contributed by atoms with Gasteiger partial charge >= 0.3 is 0 Å². The van der Waals surface area contributed by atoms with Crippen LogP contribution in [0.1, 0.15) is 58.8 Å². The lowest BCUT2D eigenvalue weighted by Gasteiger charge is -2.48. The molecule has 1 amide bonds. The number of hydrogen-bond donors (Lipinski definition) is 6. The van der Waals surface area contributed by atoms with Crippen LogP contribution < -0.4 is 5.32 Å². The minimum atomic E-state index is -1.46. The van der Waals surface area contributed by atoms with Crippen LogP contribution in [0, 0.1) is 5.92 Å². The van der Waals surface area contributed by atoms with Crippen molar-refractivity contribution in [1.29, 1.82) is 0 Å². The van der Waals surface area contributed by atoms with Crippen LogP contribution in [0.15, 0.2) is 0 Å². The minimum Gasteiger partial charge on any atom is -0.394 e. The van der Waals surface area contributed by atoms with Crippen LogP contribution in [0.5, 0.6) is 0 Å². The van der Waals surface area contributed by atoms with Gasteiger partial charge in [0, 0.05) is 13.7 Å². The summed E-state index contributed by atoms with van der Waals surface area (Å²) in [5.74, 6) is -0.315. The highest BCUT2D eigenvalue weighted by atomic mass is 16.7. The molecule has 0 radical (unpaired) electrons. The van der Waals surface area contributed by atoms with Crippen molar-refractivity contribution in [3.05, 3.63) is 0 Å². The first-order valence-electron chi connectivity index (χ1n) is 14.6. The lowest BCUT2D eigenvalue weighted by Crippen LogP contribution is -2.63. The van der Waals surface area contributed by atoms with Crippen molar-refractivity contribution in [2.45, 2.75) is 139 Å². The van der Waals surface area contributed by atoms with Crippen molar-refractivity contribution in [3.63, 3.8) is 0 Å². The van der Waals surface area contributed by atoms with E-state index in [1.807, 2.05) is 6.92 Å². The average Bonchev–Trinajstić information content (AvgIpc) is 2.95. The van der Waals surface area contributed by atoms with Crippen molar-refractivity contribution in [2.75, 3.05) is 20.3 Å². The predicted molar refractivity (Wildman–Crippen MR) is 138 cm³/mol. The van der Waals surface area contributed by atoms with E-state index in [9.17, 15) is 30.3 Å². The lowest BCUT2D eigenvalue weighted by atomic mass is 9.85. The first-order valence-corrected chi connectivity index (χ1v) is 14.6. The van der Waals surface area contributed by atoms with Gasteiger partial charge < -0.3 is 59.3 Å². The lowest BCUT2D eigenvalue weighted by molar-refractivity contribution is -0.352. The Morgan fingerprint density at radius 3 is 2.33 bits per heavy atom. The third-order valence-corrected chi connectivity index (χ3v) is 8.56. The van der Waals surface area contributed by atoms with Crippen LogP contribution >= 0.6 is 0 Å². The molecule has 0 bridgehead atoms. The second kappa shape index (κ2) is 14.5. The molecular formula is C27H47NO12. The smallest absolute Gasteiger partial charge is 0.248 e. The fourth-order valence-electron chi connectivity index (χ4n) is 6.08. The van der Waals surface area contributed by atoms with Gasteiger partial charge in [-0.1, -0.05) is 26.2 Å². The molecule has 1 aliphatic carbocycles. The zero-order chi connectivity index (χ0) is 29.0. The summed E-state index contributed by atoms with van der Waals surface area (Å²) >= 11 is 0. The maximum Gasteiger partial charge on any atom is 0.248 e. The second-order valence-corrected chi connectivity index (χ2v) is 11.5. The molecule has 3 aliphatic heterocycles. The van der Waals surface area contributed by atoms with Gasteiger partial charge in [-0.05, 0) is 38.5 Å². The largest absolute Gasteiger partial charge is 0.394 e. The van der Waals surface area contributed by atoms with Crippen LogP contribution in [-0.4, -0.2) is 131 Å². The molecular weight excluding hydrogens is 530 g/mol. The highest BCUT2D eigenvalue weighted by Crippen LogP contribution is 2.36. The molecule has 1 saturated carbocycles. The van der Waals surface area contributed by atoms with E-state index in [1.54, 1.807) is 6.92 Å². The Bertz CT molecular complexity index is 805. The van der Waals surface area contributed by atoms with E-state index in [4.69, 9.17) is 28.4 Å². The minimum absolute atomic E-state index is 0.00805. The third-order valence-electron chi connectivity index (χ3n) is 8.56. The van der Waals surface area contributed by atoms with Crippen molar-refractivity contribution in [2.24, 2.45) is 5.92 Å². The molecule has 4 fully saturated rings. The van der Waals surface area contributed by atoms with Crippen molar-refractivity contribution >= 4 is 5.91 Å². The van der Waals surface area contributed by atoms with Gasteiger partial charge in [-0.15, -0.1) is 0 Å². The Hall–Kier alpha value is -0.970. The molecule has 40 heavy (non-hydrogen) atoms. The van der Waals surface area contributed by atoms with Crippen molar-refractivity contribution < 1.29 is 58.7 Å². The summed E-state index contributed by atoms with van der Waals surface area (Å²) in [4.78, 5) is 12.6. The zero-order valence-electron chi connectivity index (χ0n) is 23.5. The Labute approximate surface area is 235 Å². The highest BCUT2D eigenvalue weighted by Gasteiger charge is 2.51. The quantitative estimate of drug-likeness (QED) is 0.225. The summed E-state index contributed by atoms with van der Waals surface area (Å²) in [6.45, 7) is 3.45. The molecule has 13 nitrogen and oxygen atoms in total. The molecule has 4 rings (SSSR count). The molecule has 6 N–H and O–H groups in total. The number of carbonyl (C=O) groups is 1. The summed E-state index contributed by atoms with van der Waals surface area (Å²) in [6.07, 6.45) is -8.19. The van der Waals surface area contributed by atoms with E-state index in [-0.39, 0.29) is 11.8 Å². The molecule has 0 spiro atoms. The van der Waals surface area contributed by atoms with Crippen LogP contribution in [0.3, 0.4) is 0 Å². The number of ether oxygens (including phenoxy) is 6. The number of carbonyl (C=O) groups excluding carboxylic acids is 1. The summed E-state index contributed by atoms with van der Waals surface area (Å²) in [5.41, 5.74) is 0. The van der Waals surface area contributed by atoms with E-state index < -0.39 is 86.3 Å². The van der Waals surface area contributed by atoms with Gasteiger partial charge in [0.05, 0.1) is 24.9 Å². The van der Waals surface area contributed by atoms with E-state index in [0.29, 0.717) is 19.4 Å². The second-order valence-electron chi connectivity index (χ2n) is 11.5. The number of aliphatic hydroxyl groups excluding tert-OH is 5. The molecule has 0 aromatic carbocycles. The molecule has 13 heteroatoms. The molecule has 4 aliphatic rings. The maximum absolute atomic E-state index is 12.6. The standard InChI is InChI=1S/C27H47NO12/c1-13-8-7-10-15(22(13)40-26-21(33)20(32)18(30)14(2)36-26)38-27-24-23(19(31)17(12-29)39-27)37-16(25(34)28-3)9-5-4-6-11-35-24/h13-24,26-27,29-33H,4-12H2,1-3H3,(H,28,34)/t13-,14?,15-,16-,17?,18-,19+,20?,21+,22?,23?,24?,26+,27-/m1/s1. The van der Waals surface area contributed by atoms with Gasteiger partial charge in [0.25, 0.3) is 0 Å². The number of aliphatic hydroxyl groups is 5. The topological polar surface area (TPSA) is 186 Å². The monoisotopic (exact) mass is 577 g/mol. The summed E-state index contributed by atoms with van der Waals surface area (Å²) in [6, 6.07) is 0. The van der Waals surface area contributed by atoms with Gasteiger partial charge in [-0.2, -0.15) is 0 Å². The molecule has 0 aromatic rings. The SMILES string of the molecule is CNC(=O)[C@H]1CCCCCOC2C(O1)[C@@H](O)C(CO)O[C@H]2O[C@@H]1CCC[C@@H](C)C1O[C@@H]1OC(C)[C@@H](O)C(O)[C@@H]1O. The van der Waals surface area contributed by atoms with E-state index >= 15 is 0 Å². The average molecular weight is 578 g/mol. The van der Waals surface area contributed by atoms with Gasteiger partial charge in [0.2, 0.25) is 5.91 Å². The summed E-state index contributed by atoms with van der Waals surface area (Å²) in [5, 5.41) is 54.6. The number of hydrogen-bond acceptors (Lipinski definition) is 12. The third kappa shape index (κ3) is 7.14. The first kappa shape index (κ1) is 32.0. The Morgan fingerprint density at radius 2 is 1.60 bits per heavy atom. The first-order chi connectivity index (χ1) is 19.2. The fraction of sp³-hybridized carbons (Fsp3) is 0.963. The number of rotatable bonds is 6. The zero-order valence-corrected chi connectivity index (χ0v) is 23.5. The van der Waals surface area contributed by atoms with Crippen molar-refractivity contribution in [3.8, 4) is 0 Å². The molecule has 0 aromatic heterocycles. The van der Waals surface area contributed by atoms with Gasteiger partial charge in [-0.3, -0.25) is 4.79 Å². The predicted octanol–water partition coefficient (Wildman–Crippen LogP) is -1.06. The number of amides is 1. The van der Waals surface area contributed by atoms with Crippen LogP contribution in [0.4, 0.5) is 0 Å². The van der Waals surface area contributed by atoms with Crippen LogP contribution in [0.2, 0.25) is 0 Å². The molecule has 3 heterocycles. The van der Waals surface area contributed by atoms with Gasteiger partial charge in [0.15, 0.2) is 12.6 Å². The van der Waals surface area contributed by atoms with Crippen LogP contribution in [0.25, 0.3) is 0 Å². The van der Waals surface area contributed by atoms with Gasteiger partial charge in [0.1, 0.15) is 48.8 Å². The highest BCUT2D eigenvalue weighted by molar-refractivity contribution is 5.80. The van der Waals surface area contributed by atoms with E-state index in [0.717, 1.165) is 32.1 Å². The molecule has 6 unspecified atom stereocenters. The van der Waals surface area contributed by atoms with E-state index in [2.05, 4.69) is 5.32 Å². The maximum atomic E-state index is 12.6. The summed E-state index contributed by atoms with van der Waals surface area (Å²) < 4.78 is 36.7. The van der Waals surface area contributed by atoms with E-state index in [1.165, 1.54) is 7.05 Å². The Balaban J connectivity index is 1.55. The number of fused-ring (bicyclic) bond motifs is 1. The van der Waals surface area contributed by atoms with Gasteiger partial charge in [-0.25, -0.2) is 0 Å². The Kier molecular flexibility index (Phi) is 11.6. The van der Waals surface area contributed by atoms with Crippen LogP contribution in [-0.2, 0) is 33.2 Å². The Morgan fingerprint density at radius 1 is 0.825 bits per heavy atom. The number of nitrogens with one attached hydrogen (secondary N) is 1.